The smallest absolute Gasteiger partial charge is 0.332 e. The molecule has 2 N–H and O–H groups in total. The van der Waals surface area contributed by atoms with Gasteiger partial charge in [-0.15, -0.1) is 0 Å². The summed E-state index contributed by atoms with van der Waals surface area (Å²) in [7, 11) is 1.58. The summed E-state index contributed by atoms with van der Waals surface area (Å²) in [6.07, 6.45) is -0.825. The number of amides is 1. The van der Waals surface area contributed by atoms with Gasteiger partial charge in [0.15, 0.2) is 6.10 Å². The monoisotopic (exact) mass is 279 g/mol. The largest absolute Gasteiger partial charge is 0.496 e. The molecule has 6 heteroatoms. The van der Waals surface area contributed by atoms with E-state index in [4.69, 9.17) is 14.6 Å². The summed E-state index contributed by atoms with van der Waals surface area (Å²) >= 11 is 0. The van der Waals surface area contributed by atoms with E-state index in [0.29, 0.717) is 18.5 Å². The van der Waals surface area contributed by atoms with Crippen molar-refractivity contribution in [2.75, 3.05) is 12.4 Å². The Kier molecular flexibility index (Phi) is 4.24. The molecule has 2 rings (SSSR count). The fourth-order valence-electron chi connectivity index (χ4n) is 2.19. The van der Waals surface area contributed by atoms with Gasteiger partial charge < -0.3 is 19.9 Å². The molecular weight excluding hydrogens is 262 g/mol. The Hall–Kier alpha value is -2.08. The zero-order valence-electron chi connectivity index (χ0n) is 11.4. The van der Waals surface area contributed by atoms with Gasteiger partial charge in [0.25, 0.3) is 5.91 Å². The minimum absolute atomic E-state index is 0.321. The molecule has 1 aliphatic heterocycles. The number of benzene rings is 1. The Morgan fingerprint density at radius 3 is 2.60 bits per heavy atom. The maximum Gasteiger partial charge on any atom is 0.332 e. The van der Waals surface area contributed by atoms with E-state index in [1.54, 1.807) is 25.3 Å². The minimum atomic E-state index is -1.03. The van der Waals surface area contributed by atoms with Gasteiger partial charge in [0, 0.05) is 5.69 Å². The van der Waals surface area contributed by atoms with Gasteiger partial charge in [-0.1, -0.05) is 0 Å². The van der Waals surface area contributed by atoms with Crippen LogP contribution in [-0.4, -0.2) is 36.3 Å². The summed E-state index contributed by atoms with van der Waals surface area (Å²) < 4.78 is 10.3. The molecule has 1 aromatic rings. The highest BCUT2D eigenvalue weighted by atomic mass is 16.5. The first-order chi connectivity index (χ1) is 9.51. The fraction of sp³-hybridized carbons (Fsp3) is 0.429. The highest BCUT2D eigenvalue weighted by Gasteiger charge is 2.34. The molecule has 1 heterocycles. The van der Waals surface area contributed by atoms with Gasteiger partial charge in [-0.2, -0.15) is 0 Å². The van der Waals surface area contributed by atoms with Crippen LogP contribution in [0.25, 0.3) is 0 Å². The van der Waals surface area contributed by atoms with Crippen LogP contribution in [0.4, 0.5) is 5.69 Å². The molecule has 1 aliphatic rings. The van der Waals surface area contributed by atoms with Crippen LogP contribution in [0.2, 0.25) is 0 Å². The Balaban J connectivity index is 1.98. The number of hydrogen-bond donors (Lipinski definition) is 2. The van der Waals surface area contributed by atoms with Crippen LogP contribution in [0.5, 0.6) is 5.75 Å². The van der Waals surface area contributed by atoms with E-state index < -0.39 is 18.2 Å². The van der Waals surface area contributed by atoms with Crippen LogP contribution in [0.15, 0.2) is 18.2 Å². The number of carboxylic acid groups (broad SMARTS) is 1. The van der Waals surface area contributed by atoms with Gasteiger partial charge >= 0.3 is 5.97 Å². The minimum Gasteiger partial charge on any atom is -0.496 e. The quantitative estimate of drug-likeness (QED) is 0.874. The summed E-state index contributed by atoms with van der Waals surface area (Å²) in [5, 5.41) is 11.5. The molecule has 2 atom stereocenters. The van der Waals surface area contributed by atoms with E-state index in [0.717, 1.165) is 11.3 Å². The van der Waals surface area contributed by atoms with E-state index in [1.165, 1.54) is 0 Å². The maximum absolute atomic E-state index is 12.0. The molecule has 0 aromatic heterocycles. The third kappa shape index (κ3) is 3.08. The first kappa shape index (κ1) is 14.3. The van der Waals surface area contributed by atoms with Crippen LogP contribution < -0.4 is 10.1 Å². The second kappa shape index (κ2) is 5.92. The van der Waals surface area contributed by atoms with E-state index in [9.17, 15) is 9.59 Å². The van der Waals surface area contributed by atoms with Gasteiger partial charge in [-0.25, -0.2) is 4.79 Å². The highest BCUT2D eigenvalue weighted by Crippen LogP contribution is 2.24. The number of nitrogens with one attached hydrogen (secondary N) is 1. The molecule has 1 saturated heterocycles. The fourth-order valence-corrected chi connectivity index (χ4v) is 2.19. The van der Waals surface area contributed by atoms with Crippen molar-refractivity contribution in [1.82, 2.24) is 0 Å². The first-order valence-corrected chi connectivity index (χ1v) is 6.35. The predicted octanol–water partition coefficient (Wildman–Crippen LogP) is 1.57. The molecule has 0 bridgehead atoms. The van der Waals surface area contributed by atoms with E-state index >= 15 is 0 Å². The number of carbonyl (C=O) groups is 2. The number of methoxy groups -OCH3 is 1. The Labute approximate surface area is 116 Å². The molecular formula is C14H17NO5. The predicted molar refractivity (Wildman–Crippen MR) is 71.9 cm³/mol. The molecule has 0 radical (unpaired) electrons. The molecule has 0 spiro atoms. The molecule has 0 saturated carbocycles. The molecule has 20 heavy (non-hydrogen) atoms. The van der Waals surface area contributed by atoms with Crippen molar-refractivity contribution in [3.05, 3.63) is 23.8 Å². The van der Waals surface area contributed by atoms with Crippen molar-refractivity contribution in [1.29, 1.82) is 0 Å². The Bertz CT molecular complexity index is 528. The summed E-state index contributed by atoms with van der Waals surface area (Å²) in [6, 6.07) is 5.29. The number of rotatable bonds is 4. The highest BCUT2D eigenvalue weighted by molar-refractivity contribution is 5.94. The Morgan fingerprint density at radius 2 is 2.05 bits per heavy atom. The van der Waals surface area contributed by atoms with Gasteiger partial charge in [-0.05, 0) is 43.5 Å². The van der Waals surface area contributed by atoms with Gasteiger partial charge in [-0.3, -0.25) is 4.79 Å². The molecule has 0 aliphatic carbocycles. The van der Waals surface area contributed by atoms with E-state index in [1.807, 2.05) is 6.92 Å². The summed E-state index contributed by atoms with van der Waals surface area (Å²) in [5.41, 5.74) is 1.54. The van der Waals surface area contributed by atoms with Crippen LogP contribution in [0.1, 0.15) is 18.4 Å². The van der Waals surface area contributed by atoms with Gasteiger partial charge in [0.05, 0.1) is 7.11 Å². The van der Waals surface area contributed by atoms with Crippen molar-refractivity contribution in [3.8, 4) is 5.75 Å². The zero-order chi connectivity index (χ0) is 14.7. The topological polar surface area (TPSA) is 84.9 Å². The first-order valence-electron chi connectivity index (χ1n) is 6.35. The second-order valence-electron chi connectivity index (χ2n) is 4.70. The second-order valence-corrected chi connectivity index (χ2v) is 4.70. The van der Waals surface area contributed by atoms with Gasteiger partial charge in [0.2, 0.25) is 0 Å². The summed E-state index contributed by atoms with van der Waals surface area (Å²) in [5.74, 6) is -0.607. The zero-order valence-corrected chi connectivity index (χ0v) is 11.4. The standard InChI is InChI=1S/C14H17NO5/c1-8-7-9(3-4-10(8)19-2)15-13(16)11-5-6-12(20-11)14(17)18/h3-4,7,11-12H,5-6H2,1-2H3,(H,15,16)(H,17,18)/t11-,12+/m0/s1. The third-order valence-corrected chi connectivity index (χ3v) is 3.25. The number of carboxylic acids is 1. The van der Waals surface area contributed by atoms with Crippen molar-refractivity contribution < 1.29 is 24.2 Å². The number of anilines is 1. The lowest BCUT2D eigenvalue weighted by molar-refractivity contribution is -0.150. The van der Waals surface area contributed by atoms with Crippen LogP contribution in [0, 0.1) is 6.92 Å². The lowest BCUT2D eigenvalue weighted by Gasteiger charge is -2.13. The SMILES string of the molecule is COc1ccc(NC(=O)[C@@H]2CC[C@H](C(=O)O)O2)cc1C. The lowest BCUT2D eigenvalue weighted by atomic mass is 10.1. The Morgan fingerprint density at radius 1 is 1.35 bits per heavy atom. The maximum atomic E-state index is 12.0. The van der Waals surface area contributed by atoms with E-state index in [2.05, 4.69) is 5.32 Å². The van der Waals surface area contributed by atoms with Crippen LogP contribution >= 0.6 is 0 Å². The summed E-state index contributed by atoms with van der Waals surface area (Å²) in [6.45, 7) is 1.88. The summed E-state index contributed by atoms with van der Waals surface area (Å²) in [4.78, 5) is 22.8. The lowest BCUT2D eigenvalue weighted by Crippen LogP contribution is -2.29. The van der Waals surface area contributed by atoms with Crippen LogP contribution in [0.3, 0.4) is 0 Å². The van der Waals surface area contributed by atoms with Crippen molar-refractivity contribution in [2.45, 2.75) is 32.0 Å². The normalized spacial score (nSPS) is 21.5. The number of ether oxygens (including phenoxy) is 2. The van der Waals surface area contributed by atoms with Crippen molar-refractivity contribution >= 4 is 17.6 Å². The number of carbonyl (C=O) groups excluding carboxylic acids is 1. The van der Waals surface area contributed by atoms with Gasteiger partial charge in [0.1, 0.15) is 11.9 Å². The average molecular weight is 279 g/mol. The molecule has 0 unspecified atom stereocenters. The van der Waals surface area contributed by atoms with E-state index in [-0.39, 0.29) is 5.91 Å². The molecule has 1 amide bonds. The van der Waals surface area contributed by atoms with Crippen LogP contribution in [-0.2, 0) is 14.3 Å². The molecule has 1 fully saturated rings. The molecule has 6 nitrogen and oxygen atoms in total. The van der Waals surface area contributed by atoms with Crippen molar-refractivity contribution in [3.63, 3.8) is 0 Å². The third-order valence-electron chi connectivity index (χ3n) is 3.25. The van der Waals surface area contributed by atoms with Crippen molar-refractivity contribution in [2.24, 2.45) is 0 Å². The molecule has 108 valence electrons. The number of aryl methyl sites for hydroxylation is 1. The molecule has 1 aromatic carbocycles. The number of aliphatic carboxylic acids is 1. The number of hydrogen-bond acceptors (Lipinski definition) is 4. The average Bonchev–Trinajstić information content (AvgIpc) is 2.88.